The number of rotatable bonds is 8. The molecule has 0 bridgehead atoms. The van der Waals surface area contributed by atoms with Crippen molar-refractivity contribution in [2.24, 2.45) is 5.10 Å². The zero-order valence-electron chi connectivity index (χ0n) is 18.2. The molecule has 186 valence electrons. The first-order chi connectivity index (χ1) is 17.0. The molecule has 0 saturated heterocycles. The maximum absolute atomic E-state index is 13.0. The number of amides is 1. The van der Waals surface area contributed by atoms with Gasteiger partial charge >= 0.3 is 11.9 Å². The molecular weight excluding hydrogens is 489 g/mol. The second-order valence-corrected chi connectivity index (χ2v) is 6.95. The lowest BCUT2D eigenvalue weighted by Gasteiger charge is -2.12. The number of hydrogen-bond acceptors (Lipinski definition) is 8. The van der Waals surface area contributed by atoms with Crippen LogP contribution >= 0.6 is 0 Å². The number of carbonyl (C=O) groups is 1. The lowest BCUT2D eigenvalue weighted by atomic mass is 10.1. The van der Waals surface area contributed by atoms with Gasteiger partial charge < -0.3 is 9.47 Å². The van der Waals surface area contributed by atoms with Gasteiger partial charge in [0.15, 0.2) is 0 Å². The fourth-order valence-electron chi connectivity index (χ4n) is 2.87. The number of hydrogen-bond donors (Lipinski definition) is 1. The number of nitrogens with zero attached hydrogens (tertiary/aromatic N) is 3. The highest BCUT2D eigenvalue weighted by Gasteiger charge is 2.33. The van der Waals surface area contributed by atoms with Crippen molar-refractivity contribution in [3.63, 3.8) is 0 Å². The second-order valence-electron chi connectivity index (χ2n) is 6.95. The second kappa shape index (κ2) is 10.5. The molecule has 1 amide bonds. The van der Waals surface area contributed by atoms with Crippen LogP contribution < -0.4 is 14.9 Å². The number of nitrogens with one attached hydrogen (secondary N) is 1. The van der Waals surface area contributed by atoms with E-state index in [9.17, 15) is 38.2 Å². The van der Waals surface area contributed by atoms with Crippen molar-refractivity contribution in [2.75, 3.05) is 7.11 Å². The smallest absolute Gasteiger partial charge is 0.416 e. The number of halogens is 3. The predicted octanol–water partition coefficient (Wildman–Crippen LogP) is 5.09. The van der Waals surface area contributed by atoms with E-state index in [2.05, 4.69) is 10.5 Å². The van der Waals surface area contributed by atoms with Crippen LogP contribution in [0.3, 0.4) is 0 Å². The lowest BCUT2D eigenvalue weighted by molar-refractivity contribution is -0.385. The monoisotopic (exact) mass is 504 g/mol. The van der Waals surface area contributed by atoms with Crippen molar-refractivity contribution in [3.05, 3.63) is 97.6 Å². The number of hydrazone groups is 1. The summed E-state index contributed by atoms with van der Waals surface area (Å²) in [5.41, 5.74) is -0.155. The largest absolute Gasteiger partial charge is 0.497 e. The maximum atomic E-state index is 13.0. The molecule has 0 aliphatic heterocycles. The van der Waals surface area contributed by atoms with E-state index in [0.29, 0.717) is 17.9 Å². The van der Waals surface area contributed by atoms with Gasteiger partial charge in [-0.25, -0.2) is 5.43 Å². The van der Waals surface area contributed by atoms with Crippen LogP contribution in [-0.4, -0.2) is 29.1 Å². The van der Waals surface area contributed by atoms with E-state index in [1.165, 1.54) is 43.5 Å². The van der Waals surface area contributed by atoms with Crippen LogP contribution in [0.15, 0.2) is 65.8 Å². The normalized spacial score (nSPS) is 11.2. The van der Waals surface area contributed by atoms with Crippen LogP contribution in [0.4, 0.5) is 24.5 Å². The molecule has 0 atom stereocenters. The molecule has 3 aromatic rings. The third-order valence-electron chi connectivity index (χ3n) is 4.61. The number of ether oxygens (including phenoxy) is 2. The molecule has 11 nitrogen and oxygen atoms in total. The molecule has 0 aliphatic rings. The van der Waals surface area contributed by atoms with Crippen molar-refractivity contribution in [2.45, 2.75) is 6.18 Å². The molecule has 0 radical (unpaired) electrons. The number of non-ortho nitro benzene ring substituents is 1. The summed E-state index contributed by atoms with van der Waals surface area (Å²) >= 11 is 0. The summed E-state index contributed by atoms with van der Waals surface area (Å²) in [5.74, 6) is -0.963. The van der Waals surface area contributed by atoms with Gasteiger partial charge in [-0.1, -0.05) is 6.07 Å². The Hall–Kier alpha value is -5.01. The summed E-state index contributed by atoms with van der Waals surface area (Å²) < 4.78 is 49.5. The standard InChI is InChI=1S/C22H15F3N4O7/c1-35-17-6-8-19(36-20-7-5-15(22(23,24)25)11-18(20)29(33)34)14(10-17)12-26-27-21(30)13-3-2-4-16(9-13)28(31)32/h2-12H,1H3,(H,27,30)/b26-12-. The van der Waals surface area contributed by atoms with Gasteiger partial charge in [-0.2, -0.15) is 18.3 Å². The highest BCUT2D eigenvalue weighted by molar-refractivity contribution is 5.95. The van der Waals surface area contributed by atoms with Gasteiger partial charge in [0, 0.05) is 29.3 Å². The van der Waals surface area contributed by atoms with Crippen LogP contribution in [0.2, 0.25) is 0 Å². The fraction of sp³-hybridized carbons (Fsp3) is 0.0909. The minimum Gasteiger partial charge on any atom is -0.497 e. The van der Waals surface area contributed by atoms with E-state index < -0.39 is 38.9 Å². The van der Waals surface area contributed by atoms with Gasteiger partial charge in [-0.15, -0.1) is 0 Å². The molecule has 3 aromatic carbocycles. The molecule has 0 unspecified atom stereocenters. The first kappa shape index (κ1) is 25.6. The Morgan fingerprint density at radius 1 is 1.00 bits per heavy atom. The SMILES string of the molecule is COc1ccc(Oc2ccc(C(F)(F)F)cc2[N+](=O)[O-])c(/C=N\NC(=O)c2cccc([N+](=O)[O-])c2)c1. The average molecular weight is 504 g/mol. The highest BCUT2D eigenvalue weighted by atomic mass is 19.4. The summed E-state index contributed by atoms with van der Waals surface area (Å²) in [6, 6.07) is 10.9. The average Bonchev–Trinajstić information content (AvgIpc) is 2.84. The third kappa shape index (κ3) is 6.11. The quantitative estimate of drug-likeness (QED) is 0.255. The molecule has 36 heavy (non-hydrogen) atoms. The van der Waals surface area contributed by atoms with Crippen LogP contribution in [0.1, 0.15) is 21.5 Å². The Kier molecular flexibility index (Phi) is 7.47. The van der Waals surface area contributed by atoms with Crippen LogP contribution in [0.5, 0.6) is 17.2 Å². The molecule has 0 spiro atoms. The van der Waals surface area contributed by atoms with E-state index in [1.54, 1.807) is 0 Å². The maximum Gasteiger partial charge on any atom is 0.416 e. The van der Waals surface area contributed by atoms with Crippen LogP contribution in [-0.2, 0) is 6.18 Å². The number of methoxy groups -OCH3 is 1. The molecule has 0 aliphatic carbocycles. The minimum absolute atomic E-state index is 0.0381. The Balaban J connectivity index is 1.89. The van der Waals surface area contributed by atoms with Crippen LogP contribution in [0, 0.1) is 20.2 Å². The molecule has 3 rings (SSSR count). The van der Waals surface area contributed by atoms with E-state index in [1.807, 2.05) is 0 Å². The Bertz CT molecular complexity index is 1360. The van der Waals surface area contributed by atoms with E-state index in [0.717, 1.165) is 18.3 Å². The van der Waals surface area contributed by atoms with E-state index in [-0.39, 0.29) is 22.6 Å². The molecule has 14 heteroatoms. The van der Waals surface area contributed by atoms with Crippen molar-refractivity contribution in [1.29, 1.82) is 0 Å². The van der Waals surface area contributed by atoms with Gasteiger partial charge in [-0.05, 0) is 36.4 Å². The Labute approximate surface area is 200 Å². The first-order valence-corrected chi connectivity index (χ1v) is 9.79. The van der Waals surface area contributed by atoms with Crippen molar-refractivity contribution in [3.8, 4) is 17.2 Å². The van der Waals surface area contributed by atoms with Gasteiger partial charge in [0.05, 0.1) is 28.7 Å². The van der Waals surface area contributed by atoms with Crippen molar-refractivity contribution < 1.29 is 37.3 Å². The molecule has 0 aromatic heterocycles. The topological polar surface area (TPSA) is 146 Å². The lowest BCUT2D eigenvalue weighted by Crippen LogP contribution is -2.17. The number of alkyl halides is 3. The zero-order chi connectivity index (χ0) is 26.5. The number of nitro groups is 2. The first-order valence-electron chi connectivity index (χ1n) is 9.79. The summed E-state index contributed by atoms with van der Waals surface area (Å²) in [6.07, 6.45) is -3.69. The van der Waals surface area contributed by atoms with E-state index in [4.69, 9.17) is 9.47 Å². The summed E-state index contributed by atoms with van der Waals surface area (Å²) in [5, 5.41) is 26.0. The molecular formula is C22H15F3N4O7. The Morgan fingerprint density at radius 3 is 2.36 bits per heavy atom. The Morgan fingerprint density at radius 2 is 1.72 bits per heavy atom. The number of nitro benzene ring substituents is 2. The van der Waals surface area contributed by atoms with E-state index >= 15 is 0 Å². The summed E-state index contributed by atoms with van der Waals surface area (Å²) in [6.45, 7) is 0. The molecule has 1 N–H and O–H groups in total. The number of benzene rings is 3. The minimum atomic E-state index is -4.79. The van der Waals surface area contributed by atoms with Gasteiger partial charge in [-0.3, -0.25) is 25.0 Å². The summed E-state index contributed by atoms with van der Waals surface area (Å²) in [4.78, 5) is 32.8. The van der Waals surface area contributed by atoms with Gasteiger partial charge in [0.1, 0.15) is 11.5 Å². The van der Waals surface area contributed by atoms with Crippen molar-refractivity contribution >= 4 is 23.5 Å². The van der Waals surface area contributed by atoms with Crippen molar-refractivity contribution in [1.82, 2.24) is 5.43 Å². The number of carbonyl (C=O) groups excluding carboxylic acids is 1. The van der Waals surface area contributed by atoms with Gasteiger partial charge in [0.25, 0.3) is 11.6 Å². The molecule has 0 fully saturated rings. The van der Waals surface area contributed by atoms with Gasteiger partial charge in [0.2, 0.25) is 5.75 Å². The summed E-state index contributed by atoms with van der Waals surface area (Å²) in [7, 11) is 1.36. The molecule has 0 heterocycles. The zero-order valence-corrected chi connectivity index (χ0v) is 18.2. The van der Waals surface area contributed by atoms with Crippen LogP contribution in [0.25, 0.3) is 0 Å². The molecule has 0 saturated carbocycles. The third-order valence-corrected chi connectivity index (χ3v) is 4.61. The predicted molar refractivity (Wildman–Crippen MR) is 119 cm³/mol. The fourth-order valence-corrected chi connectivity index (χ4v) is 2.87. The highest BCUT2D eigenvalue weighted by Crippen LogP contribution is 2.38.